The molecule has 1 unspecified atom stereocenters. The molecule has 1 N–H and O–H groups in total. The van der Waals surface area contributed by atoms with E-state index in [1.54, 1.807) is 0 Å². The minimum Gasteiger partial charge on any atom is -0.396 e. The summed E-state index contributed by atoms with van der Waals surface area (Å²) in [5.41, 5.74) is 0. The van der Waals surface area contributed by atoms with E-state index in [-0.39, 0.29) is 6.29 Å². The van der Waals surface area contributed by atoms with Crippen LogP contribution in [0.25, 0.3) is 0 Å². The first-order valence-electron chi connectivity index (χ1n) is 8.92. The highest BCUT2D eigenvalue weighted by molar-refractivity contribution is 4.81. The highest BCUT2D eigenvalue weighted by atomic mass is 16.7. The summed E-state index contributed by atoms with van der Waals surface area (Å²) >= 11 is 0. The van der Waals surface area contributed by atoms with E-state index in [9.17, 15) is 0 Å². The molecule has 3 heteroatoms. The maximum atomic E-state index is 8.67. The van der Waals surface area contributed by atoms with E-state index in [0.29, 0.717) is 6.61 Å². The fraction of sp³-hybridized carbons (Fsp3) is 0.889. The van der Waals surface area contributed by atoms with Crippen LogP contribution in [0.3, 0.4) is 0 Å². The average Bonchev–Trinajstić information content (AvgIpc) is 2.53. The molecule has 0 aromatic carbocycles. The van der Waals surface area contributed by atoms with Crippen LogP contribution in [0.15, 0.2) is 12.2 Å². The second kappa shape index (κ2) is 14.6. The van der Waals surface area contributed by atoms with Gasteiger partial charge in [-0.3, -0.25) is 0 Å². The Labute approximate surface area is 130 Å². The van der Waals surface area contributed by atoms with Crippen molar-refractivity contribution in [1.29, 1.82) is 0 Å². The summed E-state index contributed by atoms with van der Waals surface area (Å²) in [4.78, 5) is 0. The van der Waals surface area contributed by atoms with Gasteiger partial charge in [-0.1, -0.05) is 31.4 Å². The van der Waals surface area contributed by atoms with Crippen molar-refractivity contribution in [2.45, 2.75) is 83.3 Å². The molecule has 0 aliphatic carbocycles. The average molecular weight is 298 g/mol. The SMILES string of the molecule is OCCCCC/C=C\CCCCCCOC1CCCCO1. The Morgan fingerprint density at radius 3 is 2.29 bits per heavy atom. The molecule has 1 heterocycles. The normalized spacial score (nSPS) is 19.4. The highest BCUT2D eigenvalue weighted by Gasteiger charge is 2.13. The van der Waals surface area contributed by atoms with Crippen LogP contribution >= 0.6 is 0 Å². The van der Waals surface area contributed by atoms with Crippen LogP contribution in [0.5, 0.6) is 0 Å². The summed E-state index contributed by atoms with van der Waals surface area (Å²) < 4.78 is 11.3. The van der Waals surface area contributed by atoms with E-state index in [1.165, 1.54) is 44.9 Å². The monoisotopic (exact) mass is 298 g/mol. The summed E-state index contributed by atoms with van der Waals surface area (Å²) in [5.74, 6) is 0. The van der Waals surface area contributed by atoms with Gasteiger partial charge in [0.1, 0.15) is 0 Å². The quantitative estimate of drug-likeness (QED) is 0.399. The van der Waals surface area contributed by atoms with E-state index in [2.05, 4.69) is 12.2 Å². The predicted octanol–water partition coefficient (Wildman–Crippen LogP) is 4.59. The van der Waals surface area contributed by atoms with Crippen molar-refractivity contribution < 1.29 is 14.6 Å². The Morgan fingerprint density at radius 1 is 0.905 bits per heavy atom. The Hall–Kier alpha value is -0.380. The molecule has 3 nitrogen and oxygen atoms in total. The minimum absolute atomic E-state index is 0.0764. The zero-order chi connectivity index (χ0) is 15.0. The summed E-state index contributed by atoms with van der Waals surface area (Å²) in [6.07, 6.45) is 18.8. The Bertz CT molecular complexity index is 235. The molecule has 0 amide bonds. The van der Waals surface area contributed by atoms with Gasteiger partial charge in [0.05, 0.1) is 0 Å². The summed E-state index contributed by atoms with van der Waals surface area (Å²) in [7, 11) is 0. The number of unbranched alkanes of at least 4 members (excludes halogenated alkanes) is 7. The van der Waals surface area contributed by atoms with Crippen LogP contribution in [-0.4, -0.2) is 31.2 Å². The Morgan fingerprint density at radius 2 is 1.62 bits per heavy atom. The number of hydrogen-bond donors (Lipinski definition) is 1. The number of hydrogen-bond acceptors (Lipinski definition) is 3. The van der Waals surface area contributed by atoms with Gasteiger partial charge in [-0.05, 0) is 57.8 Å². The zero-order valence-electron chi connectivity index (χ0n) is 13.6. The van der Waals surface area contributed by atoms with Gasteiger partial charge in [0.25, 0.3) is 0 Å². The van der Waals surface area contributed by atoms with Gasteiger partial charge < -0.3 is 14.6 Å². The molecule has 124 valence electrons. The third-order valence-corrected chi connectivity index (χ3v) is 3.90. The van der Waals surface area contributed by atoms with Gasteiger partial charge in [0, 0.05) is 19.8 Å². The van der Waals surface area contributed by atoms with Crippen molar-refractivity contribution in [2.24, 2.45) is 0 Å². The number of aliphatic hydroxyl groups is 1. The van der Waals surface area contributed by atoms with Crippen LogP contribution in [-0.2, 0) is 9.47 Å². The molecule has 1 aliphatic rings. The van der Waals surface area contributed by atoms with Gasteiger partial charge >= 0.3 is 0 Å². The zero-order valence-corrected chi connectivity index (χ0v) is 13.6. The van der Waals surface area contributed by atoms with E-state index in [4.69, 9.17) is 14.6 Å². The standard InChI is InChI=1S/C18H34O3/c19-15-11-8-6-4-2-1-3-5-7-9-12-16-20-18-14-10-13-17-21-18/h1-2,18-19H,3-17H2/b2-1-. The lowest BCUT2D eigenvalue weighted by Crippen LogP contribution is -2.22. The fourth-order valence-corrected chi connectivity index (χ4v) is 2.56. The molecule has 1 aliphatic heterocycles. The van der Waals surface area contributed by atoms with E-state index in [0.717, 1.165) is 45.3 Å². The Kier molecular flexibility index (Phi) is 12.9. The maximum Gasteiger partial charge on any atom is 0.157 e. The molecular weight excluding hydrogens is 264 g/mol. The molecule has 0 bridgehead atoms. The molecule has 0 saturated carbocycles. The summed E-state index contributed by atoms with van der Waals surface area (Å²) in [6, 6.07) is 0. The number of aliphatic hydroxyl groups excluding tert-OH is 1. The van der Waals surface area contributed by atoms with E-state index >= 15 is 0 Å². The van der Waals surface area contributed by atoms with Crippen molar-refractivity contribution >= 4 is 0 Å². The van der Waals surface area contributed by atoms with Gasteiger partial charge in [-0.15, -0.1) is 0 Å². The van der Waals surface area contributed by atoms with E-state index in [1.807, 2.05) is 0 Å². The fourth-order valence-electron chi connectivity index (χ4n) is 2.56. The van der Waals surface area contributed by atoms with Crippen molar-refractivity contribution in [3.63, 3.8) is 0 Å². The van der Waals surface area contributed by atoms with Crippen LogP contribution in [0.2, 0.25) is 0 Å². The molecule has 21 heavy (non-hydrogen) atoms. The van der Waals surface area contributed by atoms with Crippen molar-refractivity contribution in [1.82, 2.24) is 0 Å². The van der Waals surface area contributed by atoms with E-state index < -0.39 is 0 Å². The Balaban J connectivity index is 1.75. The molecule has 1 rings (SSSR count). The molecule has 0 aromatic rings. The lowest BCUT2D eigenvalue weighted by molar-refractivity contribution is -0.162. The first-order chi connectivity index (χ1) is 10.4. The molecular formula is C18H34O3. The number of ether oxygens (including phenoxy) is 2. The van der Waals surface area contributed by atoms with Gasteiger partial charge in [-0.25, -0.2) is 0 Å². The number of allylic oxidation sites excluding steroid dienone is 2. The topological polar surface area (TPSA) is 38.7 Å². The maximum absolute atomic E-state index is 8.67. The largest absolute Gasteiger partial charge is 0.396 e. The first kappa shape index (κ1) is 18.7. The molecule has 0 spiro atoms. The van der Waals surface area contributed by atoms with Gasteiger partial charge in [0.15, 0.2) is 6.29 Å². The molecule has 1 atom stereocenters. The van der Waals surface area contributed by atoms with Crippen LogP contribution in [0.1, 0.15) is 77.0 Å². The second-order valence-corrected chi connectivity index (χ2v) is 5.91. The van der Waals surface area contributed by atoms with Crippen LogP contribution in [0.4, 0.5) is 0 Å². The molecule has 1 fully saturated rings. The number of rotatable bonds is 13. The lowest BCUT2D eigenvalue weighted by atomic mass is 10.1. The van der Waals surface area contributed by atoms with Gasteiger partial charge in [-0.2, -0.15) is 0 Å². The first-order valence-corrected chi connectivity index (χ1v) is 8.92. The van der Waals surface area contributed by atoms with Crippen molar-refractivity contribution in [3.05, 3.63) is 12.2 Å². The summed E-state index contributed by atoms with van der Waals surface area (Å²) in [5, 5.41) is 8.67. The van der Waals surface area contributed by atoms with Crippen molar-refractivity contribution in [2.75, 3.05) is 19.8 Å². The predicted molar refractivity (Wildman–Crippen MR) is 87.3 cm³/mol. The molecule has 0 radical (unpaired) electrons. The van der Waals surface area contributed by atoms with Gasteiger partial charge in [0.2, 0.25) is 0 Å². The van der Waals surface area contributed by atoms with Crippen LogP contribution < -0.4 is 0 Å². The third kappa shape index (κ3) is 11.9. The smallest absolute Gasteiger partial charge is 0.157 e. The lowest BCUT2D eigenvalue weighted by Gasteiger charge is -2.22. The minimum atomic E-state index is 0.0764. The third-order valence-electron chi connectivity index (χ3n) is 3.90. The van der Waals surface area contributed by atoms with Crippen molar-refractivity contribution in [3.8, 4) is 0 Å². The van der Waals surface area contributed by atoms with Crippen LogP contribution in [0, 0.1) is 0 Å². The molecule has 1 saturated heterocycles. The second-order valence-electron chi connectivity index (χ2n) is 5.91. The highest BCUT2D eigenvalue weighted by Crippen LogP contribution is 2.14. The molecule has 0 aromatic heterocycles. The summed E-state index contributed by atoms with van der Waals surface area (Å²) in [6.45, 7) is 2.06.